The summed E-state index contributed by atoms with van der Waals surface area (Å²) in [5.41, 5.74) is 0.611. The molecule has 1 saturated carbocycles. The van der Waals surface area contributed by atoms with Crippen molar-refractivity contribution in [3.8, 4) is 11.5 Å². The zero-order valence-corrected chi connectivity index (χ0v) is 14.2. The molecule has 1 aliphatic carbocycles. The Morgan fingerprint density at radius 3 is 2.58 bits per heavy atom. The van der Waals surface area contributed by atoms with Gasteiger partial charge in [-0.05, 0) is 31.4 Å². The molecule has 1 saturated heterocycles. The molecule has 130 valence electrons. The second-order valence-corrected chi connectivity index (χ2v) is 9.15. The first kappa shape index (κ1) is 15.7. The molecule has 2 heterocycles. The van der Waals surface area contributed by atoms with Crippen LogP contribution in [0.25, 0.3) is 0 Å². The normalized spacial score (nSPS) is 26.4. The number of carbonyl (C=O) groups excluding carboxylic acids is 1. The molecule has 1 aromatic carbocycles. The number of hydrogen-bond donors (Lipinski definition) is 1. The lowest BCUT2D eigenvalue weighted by Crippen LogP contribution is -2.40. The minimum absolute atomic E-state index is 0.0630. The van der Waals surface area contributed by atoms with Gasteiger partial charge in [0.15, 0.2) is 21.3 Å². The first-order valence-corrected chi connectivity index (χ1v) is 10.3. The topological polar surface area (TPSA) is 81.7 Å². The number of hydrogen-bond acceptors (Lipinski definition) is 5. The Bertz CT molecular complexity index is 767. The maximum atomic E-state index is 12.3. The van der Waals surface area contributed by atoms with Gasteiger partial charge < -0.3 is 14.8 Å². The Morgan fingerprint density at radius 2 is 1.88 bits per heavy atom. The minimum Gasteiger partial charge on any atom is -0.448 e. The first-order chi connectivity index (χ1) is 11.4. The second kappa shape index (κ2) is 5.65. The number of carbonyl (C=O) groups is 1. The summed E-state index contributed by atoms with van der Waals surface area (Å²) >= 11 is 0. The molecule has 1 aromatic rings. The summed E-state index contributed by atoms with van der Waals surface area (Å²) in [5, 5.41) is 2.80. The van der Waals surface area contributed by atoms with Gasteiger partial charge in [0.1, 0.15) is 0 Å². The molecule has 1 spiro atoms. The van der Waals surface area contributed by atoms with Crippen molar-refractivity contribution in [1.29, 1.82) is 0 Å². The van der Waals surface area contributed by atoms with Crippen LogP contribution in [0.2, 0.25) is 0 Å². The molecule has 2 aliphatic heterocycles. The van der Waals surface area contributed by atoms with E-state index in [4.69, 9.17) is 9.47 Å². The van der Waals surface area contributed by atoms with Crippen LogP contribution >= 0.6 is 0 Å². The van der Waals surface area contributed by atoms with Crippen LogP contribution in [0.1, 0.15) is 38.5 Å². The summed E-state index contributed by atoms with van der Waals surface area (Å²) in [7, 11) is -3.07. The van der Waals surface area contributed by atoms with E-state index in [1.807, 2.05) is 0 Å². The molecule has 2 fully saturated rings. The lowest BCUT2D eigenvalue weighted by Gasteiger charge is -2.31. The SMILES string of the molecule is O=C(Nc1ccc2c(c1)OC1(CCCCC1)O2)C1CCS(=O)(=O)C1. The molecule has 0 radical (unpaired) electrons. The third-order valence-electron chi connectivity index (χ3n) is 5.02. The Kier molecular flexibility index (Phi) is 3.71. The molecule has 0 bridgehead atoms. The van der Waals surface area contributed by atoms with Crippen molar-refractivity contribution in [2.75, 3.05) is 16.8 Å². The zero-order chi connectivity index (χ0) is 16.8. The fraction of sp³-hybridized carbons (Fsp3) is 0.588. The van der Waals surface area contributed by atoms with E-state index in [1.54, 1.807) is 18.2 Å². The quantitative estimate of drug-likeness (QED) is 0.885. The van der Waals surface area contributed by atoms with Gasteiger partial charge in [-0.2, -0.15) is 0 Å². The van der Waals surface area contributed by atoms with Gasteiger partial charge in [-0.1, -0.05) is 6.42 Å². The Hall–Kier alpha value is -1.76. The van der Waals surface area contributed by atoms with Crippen LogP contribution in [-0.2, 0) is 14.6 Å². The summed E-state index contributed by atoms with van der Waals surface area (Å²) in [6.45, 7) is 0. The number of ether oxygens (including phenoxy) is 2. The van der Waals surface area contributed by atoms with Crippen LogP contribution in [0.5, 0.6) is 11.5 Å². The minimum atomic E-state index is -3.07. The Morgan fingerprint density at radius 1 is 1.12 bits per heavy atom. The van der Waals surface area contributed by atoms with Gasteiger partial charge in [-0.15, -0.1) is 0 Å². The third-order valence-corrected chi connectivity index (χ3v) is 6.79. The lowest BCUT2D eigenvalue weighted by atomic mass is 9.94. The summed E-state index contributed by atoms with van der Waals surface area (Å²) in [6.07, 6.45) is 5.53. The number of amides is 1. The Labute approximate surface area is 141 Å². The molecule has 1 atom stereocenters. The van der Waals surface area contributed by atoms with Crippen molar-refractivity contribution in [1.82, 2.24) is 0 Å². The lowest BCUT2D eigenvalue weighted by molar-refractivity contribution is -0.119. The van der Waals surface area contributed by atoms with E-state index in [-0.39, 0.29) is 17.4 Å². The third kappa shape index (κ3) is 2.97. The largest absolute Gasteiger partial charge is 0.448 e. The molecular weight excluding hydrogens is 330 g/mol. The van der Waals surface area contributed by atoms with Crippen LogP contribution < -0.4 is 14.8 Å². The van der Waals surface area contributed by atoms with Gasteiger partial charge in [-0.3, -0.25) is 4.79 Å². The van der Waals surface area contributed by atoms with E-state index in [2.05, 4.69) is 5.32 Å². The summed E-state index contributed by atoms with van der Waals surface area (Å²) < 4.78 is 35.1. The van der Waals surface area contributed by atoms with Crippen molar-refractivity contribution in [3.63, 3.8) is 0 Å². The van der Waals surface area contributed by atoms with Crippen LogP contribution in [0.3, 0.4) is 0 Å². The van der Waals surface area contributed by atoms with Gasteiger partial charge in [0, 0.05) is 24.6 Å². The molecule has 6 nitrogen and oxygen atoms in total. The second-order valence-electron chi connectivity index (χ2n) is 6.93. The average molecular weight is 351 g/mol. The number of benzene rings is 1. The van der Waals surface area contributed by atoms with E-state index in [9.17, 15) is 13.2 Å². The van der Waals surface area contributed by atoms with E-state index >= 15 is 0 Å². The number of anilines is 1. The standard InChI is InChI=1S/C17H21NO5S/c19-16(12-6-9-24(20,21)11-12)18-13-4-5-14-15(10-13)23-17(22-14)7-2-1-3-8-17/h4-5,10,12H,1-3,6-9,11H2,(H,18,19). The fourth-order valence-corrected chi connectivity index (χ4v) is 5.45. The zero-order valence-electron chi connectivity index (χ0n) is 13.4. The van der Waals surface area contributed by atoms with Gasteiger partial charge in [0.25, 0.3) is 5.79 Å². The predicted octanol–water partition coefficient (Wildman–Crippen LogP) is 2.49. The van der Waals surface area contributed by atoms with E-state index in [0.29, 0.717) is 23.6 Å². The Balaban J connectivity index is 1.45. The number of fused-ring (bicyclic) bond motifs is 1. The van der Waals surface area contributed by atoms with Crippen molar-refractivity contribution in [2.24, 2.45) is 5.92 Å². The molecule has 24 heavy (non-hydrogen) atoms. The van der Waals surface area contributed by atoms with Crippen molar-refractivity contribution in [3.05, 3.63) is 18.2 Å². The van der Waals surface area contributed by atoms with Crippen LogP contribution in [0, 0.1) is 5.92 Å². The highest BCUT2D eigenvalue weighted by atomic mass is 32.2. The van der Waals surface area contributed by atoms with Crippen LogP contribution in [0.4, 0.5) is 5.69 Å². The monoisotopic (exact) mass is 351 g/mol. The summed E-state index contributed by atoms with van der Waals surface area (Å²) in [5.74, 6) is 0.129. The van der Waals surface area contributed by atoms with Gasteiger partial charge in [-0.25, -0.2) is 8.42 Å². The molecule has 0 aromatic heterocycles. The molecule has 1 amide bonds. The van der Waals surface area contributed by atoms with Gasteiger partial charge >= 0.3 is 0 Å². The van der Waals surface area contributed by atoms with E-state index < -0.39 is 21.5 Å². The molecule has 4 rings (SSSR count). The summed E-state index contributed by atoms with van der Waals surface area (Å²) in [6, 6.07) is 5.34. The number of rotatable bonds is 2. The smallest absolute Gasteiger partial charge is 0.251 e. The number of nitrogens with one attached hydrogen (secondary N) is 1. The highest BCUT2D eigenvalue weighted by molar-refractivity contribution is 7.91. The predicted molar refractivity (Wildman–Crippen MR) is 88.9 cm³/mol. The maximum absolute atomic E-state index is 12.3. The van der Waals surface area contributed by atoms with E-state index in [1.165, 1.54) is 6.42 Å². The van der Waals surface area contributed by atoms with Gasteiger partial charge in [0.2, 0.25) is 5.91 Å². The highest BCUT2D eigenvalue weighted by Crippen LogP contribution is 2.46. The molecule has 1 N–H and O–H groups in total. The van der Waals surface area contributed by atoms with E-state index in [0.717, 1.165) is 25.7 Å². The van der Waals surface area contributed by atoms with Crippen molar-refractivity contribution < 1.29 is 22.7 Å². The van der Waals surface area contributed by atoms with Crippen LogP contribution in [-0.4, -0.2) is 31.6 Å². The van der Waals surface area contributed by atoms with Crippen molar-refractivity contribution in [2.45, 2.75) is 44.3 Å². The first-order valence-electron chi connectivity index (χ1n) is 8.48. The number of sulfone groups is 1. The van der Waals surface area contributed by atoms with Crippen LogP contribution in [0.15, 0.2) is 18.2 Å². The molecule has 3 aliphatic rings. The maximum Gasteiger partial charge on any atom is 0.251 e. The van der Waals surface area contributed by atoms with Gasteiger partial charge in [0.05, 0.1) is 17.4 Å². The highest BCUT2D eigenvalue weighted by Gasteiger charge is 2.42. The van der Waals surface area contributed by atoms with Crippen molar-refractivity contribution >= 4 is 21.4 Å². The summed E-state index contributed by atoms with van der Waals surface area (Å²) in [4.78, 5) is 12.3. The molecular formula is C17H21NO5S. The average Bonchev–Trinajstić information content (AvgIpc) is 3.07. The molecule has 7 heteroatoms. The fourth-order valence-electron chi connectivity index (χ4n) is 3.71. The molecule has 1 unspecified atom stereocenters.